The molecule has 0 saturated carbocycles. The molecule has 2 aliphatic heterocycles. The molecular weight excluding hydrogens is 265 g/mol. The minimum Gasteiger partial charge on any atom is -0.383 e. The number of nitrogens with two attached hydrogens (primary N) is 1. The Morgan fingerprint density at radius 2 is 2.25 bits per heavy atom. The summed E-state index contributed by atoms with van der Waals surface area (Å²) in [4.78, 5) is 5.62. The van der Waals surface area contributed by atoms with Crippen molar-refractivity contribution in [3.63, 3.8) is 0 Å². The van der Waals surface area contributed by atoms with Crippen molar-refractivity contribution in [2.75, 3.05) is 20.8 Å². The lowest BCUT2D eigenvalue weighted by molar-refractivity contribution is -0.0716. The Labute approximate surface area is 117 Å². The van der Waals surface area contributed by atoms with E-state index in [-0.39, 0.29) is 6.61 Å². The standard InChI is InChI=1S/C13H20FN3O3/c1-7-5-17(8(2)16-12(7)15)13-10(14)11(19-4)9(20-13)6-18-3/h5,9-11,13H,2,6H2,1,3-4H3,(H2,15,16)/t9-,10+,11?,13-/m1/s1. The van der Waals surface area contributed by atoms with Crippen molar-refractivity contribution in [2.45, 2.75) is 31.5 Å². The molecule has 2 rings (SSSR count). The summed E-state index contributed by atoms with van der Waals surface area (Å²) >= 11 is 0. The third kappa shape index (κ3) is 2.56. The molecule has 7 heteroatoms. The van der Waals surface area contributed by atoms with E-state index in [1.54, 1.807) is 13.1 Å². The SMILES string of the molecule is C=C1N=C(N)C(C)=CN1[C@@H]1O[C@H](COC)C(OC)[C@@H]1F. The Balaban J connectivity index is 2.19. The van der Waals surface area contributed by atoms with E-state index in [2.05, 4.69) is 11.6 Å². The molecule has 2 heterocycles. The lowest BCUT2D eigenvalue weighted by Gasteiger charge is -2.31. The number of hydrogen-bond acceptors (Lipinski definition) is 6. The fourth-order valence-electron chi connectivity index (χ4n) is 2.35. The maximum absolute atomic E-state index is 14.5. The molecule has 4 atom stereocenters. The summed E-state index contributed by atoms with van der Waals surface area (Å²) < 4.78 is 30.4. The van der Waals surface area contributed by atoms with Gasteiger partial charge in [-0.25, -0.2) is 9.38 Å². The number of halogens is 1. The number of alkyl halides is 1. The van der Waals surface area contributed by atoms with E-state index in [1.807, 2.05) is 0 Å². The first-order valence-electron chi connectivity index (χ1n) is 6.31. The Morgan fingerprint density at radius 1 is 1.55 bits per heavy atom. The van der Waals surface area contributed by atoms with Gasteiger partial charge in [-0.2, -0.15) is 0 Å². The molecule has 2 N–H and O–H groups in total. The van der Waals surface area contributed by atoms with Crippen LogP contribution in [0, 0.1) is 0 Å². The zero-order valence-electron chi connectivity index (χ0n) is 11.9. The summed E-state index contributed by atoms with van der Waals surface area (Å²) in [5.74, 6) is 0.713. The molecule has 0 amide bonds. The third-order valence-corrected chi connectivity index (χ3v) is 3.43. The van der Waals surface area contributed by atoms with Crippen molar-refractivity contribution in [3.8, 4) is 0 Å². The molecule has 0 aromatic rings. The molecule has 0 spiro atoms. The molecule has 0 aromatic carbocycles. The fourth-order valence-corrected chi connectivity index (χ4v) is 2.35. The summed E-state index contributed by atoms with van der Waals surface area (Å²) in [5, 5.41) is 0. The highest BCUT2D eigenvalue weighted by atomic mass is 19.1. The van der Waals surface area contributed by atoms with Crippen molar-refractivity contribution in [2.24, 2.45) is 10.7 Å². The smallest absolute Gasteiger partial charge is 0.174 e. The van der Waals surface area contributed by atoms with Gasteiger partial charge in [0.25, 0.3) is 0 Å². The normalized spacial score (nSPS) is 34.2. The van der Waals surface area contributed by atoms with Crippen molar-refractivity contribution < 1.29 is 18.6 Å². The average molecular weight is 285 g/mol. The number of rotatable bonds is 4. The highest BCUT2D eigenvalue weighted by Gasteiger charge is 2.48. The van der Waals surface area contributed by atoms with Crippen molar-refractivity contribution in [1.29, 1.82) is 0 Å². The molecule has 0 radical (unpaired) electrons. The lowest BCUT2D eigenvalue weighted by Crippen LogP contribution is -2.40. The Kier molecular flexibility index (Phi) is 4.42. The number of hydrogen-bond donors (Lipinski definition) is 1. The number of ether oxygens (including phenoxy) is 3. The van der Waals surface area contributed by atoms with Crippen LogP contribution in [0.4, 0.5) is 4.39 Å². The van der Waals surface area contributed by atoms with Gasteiger partial charge in [-0.05, 0) is 6.92 Å². The van der Waals surface area contributed by atoms with Crippen LogP contribution in [0.1, 0.15) is 6.92 Å². The predicted octanol–water partition coefficient (Wildman–Crippen LogP) is 0.759. The van der Waals surface area contributed by atoms with Crippen molar-refractivity contribution >= 4 is 5.84 Å². The fraction of sp³-hybridized carbons (Fsp3) is 0.615. The number of methoxy groups -OCH3 is 2. The first kappa shape index (κ1) is 15.0. The van der Waals surface area contributed by atoms with Crippen LogP contribution in [0.15, 0.2) is 29.2 Å². The molecule has 1 fully saturated rings. The molecule has 20 heavy (non-hydrogen) atoms. The summed E-state index contributed by atoms with van der Waals surface area (Å²) in [6.07, 6.45) is -1.67. The second-order valence-electron chi connectivity index (χ2n) is 4.80. The van der Waals surface area contributed by atoms with Gasteiger partial charge in [0.15, 0.2) is 12.4 Å². The van der Waals surface area contributed by atoms with Gasteiger partial charge in [0.05, 0.1) is 6.61 Å². The second-order valence-corrected chi connectivity index (χ2v) is 4.80. The number of aliphatic imine (C=N–C) groups is 1. The van der Waals surface area contributed by atoms with Gasteiger partial charge in [-0.1, -0.05) is 6.58 Å². The highest BCUT2D eigenvalue weighted by molar-refractivity contribution is 5.97. The lowest BCUT2D eigenvalue weighted by atomic mass is 10.1. The third-order valence-electron chi connectivity index (χ3n) is 3.43. The Hall–Kier alpha value is -1.44. The maximum Gasteiger partial charge on any atom is 0.174 e. The second kappa shape index (κ2) is 5.90. The largest absolute Gasteiger partial charge is 0.383 e. The molecule has 0 bridgehead atoms. The molecule has 112 valence electrons. The first-order valence-corrected chi connectivity index (χ1v) is 6.31. The number of nitrogens with zero attached hydrogens (tertiary/aromatic N) is 2. The quantitative estimate of drug-likeness (QED) is 0.826. The van der Waals surface area contributed by atoms with Gasteiger partial charge < -0.3 is 24.8 Å². The minimum atomic E-state index is -1.34. The molecule has 1 saturated heterocycles. The highest BCUT2D eigenvalue weighted by Crippen LogP contribution is 2.32. The zero-order valence-corrected chi connectivity index (χ0v) is 11.9. The van der Waals surface area contributed by atoms with Crippen molar-refractivity contribution in [3.05, 3.63) is 24.2 Å². The van der Waals surface area contributed by atoms with Crippen LogP contribution in [0.2, 0.25) is 0 Å². The summed E-state index contributed by atoms with van der Waals surface area (Å²) in [6, 6.07) is 0. The van der Waals surface area contributed by atoms with Gasteiger partial charge >= 0.3 is 0 Å². The molecule has 2 aliphatic rings. The van der Waals surface area contributed by atoms with Crippen LogP contribution < -0.4 is 5.73 Å². The van der Waals surface area contributed by atoms with E-state index in [0.29, 0.717) is 11.7 Å². The zero-order chi connectivity index (χ0) is 14.9. The Bertz CT molecular complexity index is 452. The van der Waals surface area contributed by atoms with E-state index in [0.717, 1.165) is 5.57 Å². The summed E-state index contributed by atoms with van der Waals surface area (Å²) in [6.45, 7) is 5.82. The van der Waals surface area contributed by atoms with Crippen LogP contribution in [0.5, 0.6) is 0 Å². The molecule has 0 aromatic heterocycles. The summed E-state index contributed by atoms with van der Waals surface area (Å²) in [7, 11) is 2.99. The predicted molar refractivity (Wildman–Crippen MR) is 72.6 cm³/mol. The van der Waals surface area contributed by atoms with Crippen LogP contribution in [-0.2, 0) is 14.2 Å². The van der Waals surface area contributed by atoms with Crippen LogP contribution >= 0.6 is 0 Å². The Morgan fingerprint density at radius 3 is 2.85 bits per heavy atom. The van der Waals surface area contributed by atoms with E-state index in [1.165, 1.54) is 19.1 Å². The van der Waals surface area contributed by atoms with Gasteiger partial charge in [0, 0.05) is 26.0 Å². The van der Waals surface area contributed by atoms with Crippen LogP contribution in [0.3, 0.4) is 0 Å². The number of amidine groups is 1. The molecule has 6 nitrogen and oxygen atoms in total. The topological polar surface area (TPSA) is 69.3 Å². The van der Waals surface area contributed by atoms with Crippen molar-refractivity contribution in [1.82, 2.24) is 4.90 Å². The van der Waals surface area contributed by atoms with Gasteiger partial charge in [0.1, 0.15) is 23.9 Å². The van der Waals surface area contributed by atoms with E-state index in [9.17, 15) is 4.39 Å². The van der Waals surface area contributed by atoms with Gasteiger partial charge in [-0.15, -0.1) is 0 Å². The molecule has 1 unspecified atom stereocenters. The molecule has 0 aliphatic carbocycles. The monoisotopic (exact) mass is 285 g/mol. The average Bonchev–Trinajstić information content (AvgIpc) is 2.71. The van der Waals surface area contributed by atoms with E-state index < -0.39 is 24.6 Å². The first-order chi connectivity index (χ1) is 9.49. The van der Waals surface area contributed by atoms with E-state index in [4.69, 9.17) is 19.9 Å². The van der Waals surface area contributed by atoms with Crippen LogP contribution in [0.25, 0.3) is 0 Å². The molecular formula is C13H20FN3O3. The maximum atomic E-state index is 14.5. The van der Waals surface area contributed by atoms with Crippen LogP contribution in [-0.4, -0.2) is 56.2 Å². The minimum absolute atomic E-state index is 0.254. The van der Waals surface area contributed by atoms with E-state index >= 15 is 0 Å². The summed E-state index contributed by atoms with van der Waals surface area (Å²) in [5.41, 5.74) is 6.44. The van der Waals surface area contributed by atoms with Gasteiger partial charge in [0.2, 0.25) is 0 Å². The van der Waals surface area contributed by atoms with Gasteiger partial charge in [-0.3, -0.25) is 0 Å².